The lowest BCUT2D eigenvalue weighted by Gasteiger charge is -2.48. The highest BCUT2D eigenvalue weighted by Gasteiger charge is 2.50. The Morgan fingerprint density at radius 3 is 2.42 bits per heavy atom. The van der Waals surface area contributed by atoms with E-state index in [2.05, 4.69) is 5.32 Å². The van der Waals surface area contributed by atoms with E-state index in [0.717, 1.165) is 11.3 Å². The maximum absolute atomic E-state index is 12.8. The van der Waals surface area contributed by atoms with Gasteiger partial charge < -0.3 is 14.8 Å². The molecule has 136 valence electrons. The zero-order chi connectivity index (χ0) is 18.9. The fraction of sp³-hybridized carbons (Fsp3) is 0.350. The largest absolute Gasteiger partial charge is 0.359 e. The van der Waals surface area contributed by atoms with Crippen LogP contribution in [0, 0.1) is 12.3 Å². The van der Waals surface area contributed by atoms with Crippen molar-refractivity contribution < 1.29 is 9.59 Å². The Bertz CT molecular complexity index is 896. The number of carbonyl (C=O) groups is 2. The number of pyridine rings is 1. The molecule has 0 saturated carbocycles. The third-order valence-electron chi connectivity index (χ3n) is 5.11. The average Bonchev–Trinajstić information content (AvgIpc) is 2.60. The molecule has 1 fully saturated rings. The van der Waals surface area contributed by atoms with Gasteiger partial charge in [0.05, 0.1) is 5.41 Å². The summed E-state index contributed by atoms with van der Waals surface area (Å²) < 4.78 is 1.71. The van der Waals surface area contributed by atoms with E-state index in [-0.39, 0.29) is 17.2 Å². The maximum atomic E-state index is 12.8. The summed E-state index contributed by atoms with van der Waals surface area (Å²) in [7, 11) is 3.38. The van der Waals surface area contributed by atoms with E-state index >= 15 is 0 Å². The molecule has 2 heterocycles. The van der Waals surface area contributed by atoms with Crippen molar-refractivity contribution >= 4 is 11.8 Å². The Kier molecular flexibility index (Phi) is 4.68. The standard InChI is InChI=1S/C20H23N3O3/c1-14-9-16(24)10-17(22(14)3)18(25)23-12-20(13-23,19(26)21-2)11-15-7-5-4-6-8-15/h4-10H,11-13H2,1-3H3,(H,21,26). The molecule has 6 nitrogen and oxygen atoms in total. The quantitative estimate of drug-likeness (QED) is 0.896. The Labute approximate surface area is 152 Å². The van der Waals surface area contributed by atoms with E-state index in [9.17, 15) is 14.4 Å². The second-order valence-electron chi connectivity index (χ2n) is 6.96. The minimum atomic E-state index is -0.631. The number of amides is 2. The van der Waals surface area contributed by atoms with E-state index in [1.54, 1.807) is 30.5 Å². The molecule has 0 bridgehead atoms. The summed E-state index contributed by atoms with van der Waals surface area (Å²) in [5.41, 5.74) is 1.31. The number of carbonyl (C=O) groups excluding carboxylic acids is 2. The zero-order valence-corrected chi connectivity index (χ0v) is 15.3. The van der Waals surface area contributed by atoms with Crippen LogP contribution in [0.2, 0.25) is 0 Å². The molecule has 6 heteroatoms. The Balaban J connectivity index is 1.82. The van der Waals surface area contributed by atoms with Gasteiger partial charge in [-0.1, -0.05) is 30.3 Å². The molecule has 0 aliphatic carbocycles. The van der Waals surface area contributed by atoms with Crippen molar-refractivity contribution in [1.82, 2.24) is 14.8 Å². The van der Waals surface area contributed by atoms with Crippen LogP contribution < -0.4 is 10.7 Å². The second-order valence-corrected chi connectivity index (χ2v) is 6.96. The van der Waals surface area contributed by atoms with Crippen molar-refractivity contribution in [2.24, 2.45) is 12.5 Å². The summed E-state index contributed by atoms with van der Waals surface area (Å²) in [6.45, 7) is 2.46. The molecule has 0 unspecified atom stereocenters. The molecule has 1 N–H and O–H groups in total. The zero-order valence-electron chi connectivity index (χ0n) is 15.3. The first-order valence-electron chi connectivity index (χ1n) is 8.59. The summed E-state index contributed by atoms with van der Waals surface area (Å²) >= 11 is 0. The fourth-order valence-electron chi connectivity index (χ4n) is 3.55. The maximum Gasteiger partial charge on any atom is 0.270 e. The predicted molar refractivity (Wildman–Crippen MR) is 99.0 cm³/mol. The molecule has 1 saturated heterocycles. The predicted octanol–water partition coefficient (Wildman–Crippen LogP) is 1.12. The van der Waals surface area contributed by atoms with Gasteiger partial charge >= 0.3 is 0 Å². The number of hydrogen-bond donors (Lipinski definition) is 1. The second kappa shape index (κ2) is 6.78. The Hall–Kier alpha value is -2.89. The molecule has 0 spiro atoms. The van der Waals surface area contributed by atoms with E-state index in [1.807, 2.05) is 30.3 Å². The van der Waals surface area contributed by atoms with Crippen LogP contribution in [0.3, 0.4) is 0 Å². The first kappa shape index (κ1) is 17.9. The molecule has 1 aromatic carbocycles. The minimum Gasteiger partial charge on any atom is -0.359 e. The van der Waals surface area contributed by atoms with Gasteiger partial charge in [-0.2, -0.15) is 0 Å². The number of rotatable bonds is 4. The van der Waals surface area contributed by atoms with Crippen LogP contribution in [0.5, 0.6) is 0 Å². The van der Waals surface area contributed by atoms with Crippen molar-refractivity contribution in [1.29, 1.82) is 0 Å². The van der Waals surface area contributed by atoms with E-state index < -0.39 is 5.41 Å². The van der Waals surface area contributed by atoms with E-state index in [4.69, 9.17) is 0 Å². The van der Waals surface area contributed by atoms with Gasteiger partial charge in [-0.15, -0.1) is 0 Å². The lowest BCUT2D eigenvalue weighted by Crippen LogP contribution is -2.65. The summed E-state index contributed by atoms with van der Waals surface area (Å²) in [5, 5.41) is 2.72. The van der Waals surface area contributed by atoms with Crippen molar-refractivity contribution in [3.63, 3.8) is 0 Å². The Morgan fingerprint density at radius 1 is 1.15 bits per heavy atom. The highest BCUT2D eigenvalue weighted by atomic mass is 16.2. The van der Waals surface area contributed by atoms with Crippen LogP contribution in [-0.4, -0.2) is 41.4 Å². The summed E-state index contributed by atoms with van der Waals surface area (Å²) in [5.74, 6) is -0.288. The molecule has 1 aliphatic rings. The first-order chi connectivity index (χ1) is 12.4. The number of benzene rings is 1. The molecule has 2 aromatic rings. The highest BCUT2D eigenvalue weighted by molar-refractivity contribution is 5.95. The molecule has 3 rings (SSSR count). The van der Waals surface area contributed by atoms with Crippen LogP contribution in [0.25, 0.3) is 0 Å². The monoisotopic (exact) mass is 353 g/mol. The third kappa shape index (κ3) is 3.14. The Morgan fingerprint density at radius 2 is 1.81 bits per heavy atom. The smallest absolute Gasteiger partial charge is 0.270 e. The van der Waals surface area contributed by atoms with Crippen LogP contribution in [-0.2, 0) is 18.3 Å². The molecule has 26 heavy (non-hydrogen) atoms. The average molecular weight is 353 g/mol. The molecule has 1 aliphatic heterocycles. The van der Waals surface area contributed by atoms with Gasteiger partial charge in [0.15, 0.2) is 5.43 Å². The number of hydrogen-bond acceptors (Lipinski definition) is 3. The number of nitrogens with zero attached hydrogens (tertiary/aromatic N) is 2. The molecular weight excluding hydrogens is 330 g/mol. The SMILES string of the molecule is CNC(=O)C1(Cc2ccccc2)CN(C(=O)c2cc(=O)cc(C)n2C)C1. The van der Waals surface area contributed by atoms with E-state index in [1.165, 1.54) is 12.1 Å². The van der Waals surface area contributed by atoms with Crippen molar-refractivity contribution in [2.75, 3.05) is 20.1 Å². The topological polar surface area (TPSA) is 71.4 Å². The summed E-state index contributed by atoms with van der Waals surface area (Å²) in [6, 6.07) is 12.6. The highest BCUT2D eigenvalue weighted by Crippen LogP contribution is 2.35. The van der Waals surface area contributed by atoms with Crippen LogP contribution >= 0.6 is 0 Å². The minimum absolute atomic E-state index is 0.0662. The van der Waals surface area contributed by atoms with E-state index in [0.29, 0.717) is 25.2 Å². The fourth-order valence-corrected chi connectivity index (χ4v) is 3.55. The molecule has 2 amide bonds. The first-order valence-corrected chi connectivity index (χ1v) is 8.59. The van der Waals surface area contributed by atoms with Crippen LogP contribution in [0.15, 0.2) is 47.3 Å². The summed E-state index contributed by atoms with van der Waals surface area (Å²) in [6.07, 6.45) is 0.573. The van der Waals surface area contributed by atoms with Gasteiger partial charge in [0.25, 0.3) is 5.91 Å². The van der Waals surface area contributed by atoms with Gasteiger partial charge in [-0.3, -0.25) is 14.4 Å². The van der Waals surface area contributed by atoms with Crippen LogP contribution in [0.4, 0.5) is 0 Å². The van der Waals surface area contributed by atoms with Gasteiger partial charge in [0, 0.05) is 45.0 Å². The third-order valence-corrected chi connectivity index (χ3v) is 5.11. The number of nitrogens with one attached hydrogen (secondary N) is 1. The molecule has 0 radical (unpaired) electrons. The van der Waals surface area contributed by atoms with Crippen molar-refractivity contribution in [3.8, 4) is 0 Å². The lowest BCUT2D eigenvalue weighted by molar-refractivity contribution is -0.138. The van der Waals surface area contributed by atoms with Gasteiger partial charge in [-0.05, 0) is 18.9 Å². The lowest BCUT2D eigenvalue weighted by atomic mass is 9.73. The number of aromatic nitrogens is 1. The molecular formula is C20H23N3O3. The normalized spacial score (nSPS) is 15.3. The van der Waals surface area contributed by atoms with Crippen molar-refractivity contribution in [3.05, 3.63) is 69.6 Å². The van der Waals surface area contributed by atoms with Crippen molar-refractivity contribution in [2.45, 2.75) is 13.3 Å². The van der Waals surface area contributed by atoms with Crippen LogP contribution in [0.1, 0.15) is 21.7 Å². The van der Waals surface area contributed by atoms with Gasteiger partial charge in [-0.25, -0.2) is 0 Å². The van der Waals surface area contributed by atoms with Gasteiger partial charge in [0.2, 0.25) is 5.91 Å². The van der Waals surface area contributed by atoms with Gasteiger partial charge in [0.1, 0.15) is 5.69 Å². The number of likely N-dealkylation sites (tertiary alicyclic amines) is 1. The molecule has 1 aromatic heterocycles. The molecule has 0 atom stereocenters. The summed E-state index contributed by atoms with van der Waals surface area (Å²) in [4.78, 5) is 38.7. The number of aryl methyl sites for hydroxylation is 1.